The van der Waals surface area contributed by atoms with Crippen molar-refractivity contribution < 1.29 is 4.79 Å². The number of rotatable bonds is 6. The van der Waals surface area contributed by atoms with Crippen LogP contribution in [0.15, 0.2) is 17.5 Å². The van der Waals surface area contributed by atoms with Crippen LogP contribution >= 0.6 is 11.3 Å². The minimum absolute atomic E-state index is 0.0580. The van der Waals surface area contributed by atoms with Crippen molar-refractivity contribution in [2.75, 3.05) is 13.6 Å². The minimum Gasteiger partial charge on any atom is -0.338 e. The van der Waals surface area contributed by atoms with Gasteiger partial charge in [-0.05, 0) is 30.7 Å². The van der Waals surface area contributed by atoms with E-state index in [0.29, 0.717) is 12.5 Å². The summed E-state index contributed by atoms with van der Waals surface area (Å²) in [7, 11) is 1.87. The monoisotopic (exact) mass is 268 g/mol. The summed E-state index contributed by atoms with van der Waals surface area (Å²) in [5.74, 6) is 0.595. The molecule has 3 nitrogen and oxygen atoms in total. The second kappa shape index (κ2) is 6.90. The van der Waals surface area contributed by atoms with Gasteiger partial charge >= 0.3 is 0 Å². The third-order valence-corrected chi connectivity index (χ3v) is 4.32. The van der Waals surface area contributed by atoms with Gasteiger partial charge in [0.1, 0.15) is 0 Å². The molecule has 0 aliphatic rings. The molecule has 18 heavy (non-hydrogen) atoms. The number of thiophene rings is 1. The van der Waals surface area contributed by atoms with E-state index in [-0.39, 0.29) is 17.9 Å². The van der Waals surface area contributed by atoms with Crippen molar-refractivity contribution in [1.29, 1.82) is 0 Å². The van der Waals surface area contributed by atoms with Crippen LogP contribution in [-0.2, 0) is 4.79 Å². The van der Waals surface area contributed by atoms with E-state index >= 15 is 0 Å². The largest absolute Gasteiger partial charge is 0.338 e. The summed E-state index contributed by atoms with van der Waals surface area (Å²) in [4.78, 5) is 15.4. The summed E-state index contributed by atoms with van der Waals surface area (Å²) in [5.41, 5.74) is 5.73. The van der Waals surface area contributed by atoms with Crippen molar-refractivity contribution in [3.05, 3.63) is 22.4 Å². The zero-order chi connectivity index (χ0) is 13.7. The predicted molar refractivity (Wildman–Crippen MR) is 77.5 cm³/mol. The quantitative estimate of drug-likeness (QED) is 0.862. The molecule has 2 atom stereocenters. The minimum atomic E-state index is -0.0580. The van der Waals surface area contributed by atoms with Crippen molar-refractivity contribution in [1.82, 2.24) is 4.90 Å². The topological polar surface area (TPSA) is 46.3 Å². The zero-order valence-corrected chi connectivity index (χ0v) is 12.5. The van der Waals surface area contributed by atoms with E-state index in [1.165, 1.54) is 4.88 Å². The lowest BCUT2D eigenvalue weighted by atomic mass is 9.95. The fourth-order valence-corrected chi connectivity index (χ4v) is 2.89. The van der Waals surface area contributed by atoms with E-state index in [0.717, 1.165) is 6.42 Å². The highest BCUT2D eigenvalue weighted by Crippen LogP contribution is 2.25. The highest BCUT2D eigenvalue weighted by Gasteiger charge is 2.25. The molecule has 0 aliphatic heterocycles. The van der Waals surface area contributed by atoms with E-state index in [1.54, 1.807) is 11.3 Å². The van der Waals surface area contributed by atoms with Crippen molar-refractivity contribution >= 4 is 17.2 Å². The third kappa shape index (κ3) is 3.82. The van der Waals surface area contributed by atoms with Crippen LogP contribution in [0.2, 0.25) is 0 Å². The second-order valence-corrected chi connectivity index (χ2v) is 6.18. The van der Waals surface area contributed by atoms with Crippen LogP contribution in [0.25, 0.3) is 0 Å². The summed E-state index contributed by atoms with van der Waals surface area (Å²) < 4.78 is 0. The third-order valence-electron chi connectivity index (χ3n) is 3.27. The average molecular weight is 268 g/mol. The molecule has 1 heterocycles. The Balaban J connectivity index is 2.70. The maximum Gasteiger partial charge on any atom is 0.227 e. The standard InChI is InChI=1S/C14H24N2OS/c1-10(2)8-12(9-15)14(17)16(4)11(3)13-6-5-7-18-13/h5-7,10-12H,8-9,15H2,1-4H3. The highest BCUT2D eigenvalue weighted by atomic mass is 32.1. The molecule has 0 radical (unpaired) electrons. The Kier molecular flexibility index (Phi) is 5.82. The molecule has 1 amide bonds. The normalized spacial score (nSPS) is 14.6. The molecule has 2 unspecified atom stereocenters. The molecule has 102 valence electrons. The lowest BCUT2D eigenvalue weighted by molar-refractivity contribution is -0.136. The van der Waals surface area contributed by atoms with E-state index in [4.69, 9.17) is 5.73 Å². The van der Waals surface area contributed by atoms with Crippen LogP contribution < -0.4 is 5.73 Å². The molecule has 0 bridgehead atoms. The smallest absolute Gasteiger partial charge is 0.227 e. The average Bonchev–Trinajstić information content (AvgIpc) is 2.86. The lowest BCUT2D eigenvalue weighted by Crippen LogP contribution is -2.38. The molecule has 2 N–H and O–H groups in total. The van der Waals surface area contributed by atoms with Crippen LogP contribution in [0.5, 0.6) is 0 Å². The number of carbonyl (C=O) groups excluding carboxylic acids is 1. The van der Waals surface area contributed by atoms with Crippen molar-refractivity contribution in [3.8, 4) is 0 Å². The van der Waals surface area contributed by atoms with Gasteiger partial charge in [0.15, 0.2) is 0 Å². The maximum atomic E-state index is 12.4. The Morgan fingerprint density at radius 3 is 2.56 bits per heavy atom. The first-order valence-corrected chi connectivity index (χ1v) is 7.35. The first-order chi connectivity index (χ1) is 8.47. The molecule has 4 heteroatoms. The van der Waals surface area contributed by atoms with Gasteiger partial charge in [-0.2, -0.15) is 0 Å². The van der Waals surface area contributed by atoms with Crippen LogP contribution in [0.1, 0.15) is 38.1 Å². The maximum absolute atomic E-state index is 12.4. The van der Waals surface area contributed by atoms with Gasteiger partial charge in [0.2, 0.25) is 5.91 Å². The van der Waals surface area contributed by atoms with Gasteiger partial charge < -0.3 is 10.6 Å². The molecule has 0 saturated carbocycles. The molecule has 0 aliphatic carbocycles. The Labute approximate surface area is 114 Å². The first-order valence-electron chi connectivity index (χ1n) is 6.47. The Hall–Kier alpha value is -0.870. The summed E-state index contributed by atoms with van der Waals surface area (Å²) in [5, 5.41) is 2.04. The van der Waals surface area contributed by atoms with Gasteiger partial charge in [-0.1, -0.05) is 19.9 Å². The molecule has 0 fully saturated rings. The molecule has 0 aromatic carbocycles. The van der Waals surface area contributed by atoms with Crippen molar-refractivity contribution in [2.45, 2.75) is 33.2 Å². The van der Waals surface area contributed by atoms with Gasteiger partial charge in [-0.15, -0.1) is 11.3 Å². The molecular formula is C14H24N2OS. The van der Waals surface area contributed by atoms with Crippen LogP contribution in [0, 0.1) is 11.8 Å². The van der Waals surface area contributed by atoms with Gasteiger partial charge in [-0.25, -0.2) is 0 Å². The van der Waals surface area contributed by atoms with Gasteiger partial charge in [0, 0.05) is 18.5 Å². The van der Waals surface area contributed by atoms with Crippen LogP contribution in [0.3, 0.4) is 0 Å². The fourth-order valence-electron chi connectivity index (χ4n) is 2.07. The number of nitrogens with two attached hydrogens (primary N) is 1. The van der Waals surface area contributed by atoms with Crippen molar-refractivity contribution in [2.24, 2.45) is 17.6 Å². The van der Waals surface area contributed by atoms with Crippen LogP contribution in [0.4, 0.5) is 0 Å². The number of nitrogens with zero attached hydrogens (tertiary/aromatic N) is 1. The predicted octanol–water partition coefficient (Wildman–Crippen LogP) is 2.89. The number of hydrogen-bond donors (Lipinski definition) is 1. The number of amides is 1. The molecule has 1 aromatic rings. The Morgan fingerprint density at radius 2 is 2.11 bits per heavy atom. The molecule has 0 spiro atoms. The highest BCUT2D eigenvalue weighted by molar-refractivity contribution is 7.10. The summed E-state index contributed by atoms with van der Waals surface area (Å²) in [6, 6.07) is 4.21. The molecular weight excluding hydrogens is 244 g/mol. The van der Waals surface area contributed by atoms with E-state index < -0.39 is 0 Å². The van der Waals surface area contributed by atoms with E-state index in [2.05, 4.69) is 26.8 Å². The SMILES string of the molecule is CC(C)CC(CN)C(=O)N(C)C(C)c1cccs1. The summed E-state index contributed by atoms with van der Waals surface area (Å²) in [6.45, 7) is 6.74. The number of hydrogen-bond acceptors (Lipinski definition) is 3. The Morgan fingerprint density at radius 1 is 1.44 bits per heavy atom. The Bertz CT molecular complexity index is 362. The zero-order valence-electron chi connectivity index (χ0n) is 11.7. The van der Waals surface area contributed by atoms with Gasteiger partial charge in [-0.3, -0.25) is 4.79 Å². The van der Waals surface area contributed by atoms with E-state index in [1.807, 2.05) is 23.4 Å². The molecule has 0 saturated heterocycles. The summed E-state index contributed by atoms with van der Waals surface area (Å²) in [6.07, 6.45) is 0.858. The number of carbonyl (C=O) groups is 1. The second-order valence-electron chi connectivity index (χ2n) is 5.20. The van der Waals surface area contributed by atoms with Crippen LogP contribution in [-0.4, -0.2) is 24.4 Å². The van der Waals surface area contributed by atoms with Crippen molar-refractivity contribution in [3.63, 3.8) is 0 Å². The fraction of sp³-hybridized carbons (Fsp3) is 0.643. The molecule has 1 rings (SSSR count). The molecule has 1 aromatic heterocycles. The van der Waals surface area contributed by atoms with Gasteiger partial charge in [0.05, 0.1) is 12.0 Å². The lowest BCUT2D eigenvalue weighted by Gasteiger charge is -2.28. The summed E-state index contributed by atoms with van der Waals surface area (Å²) >= 11 is 1.68. The van der Waals surface area contributed by atoms with E-state index in [9.17, 15) is 4.79 Å². The van der Waals surface area contributed by atoms with Gasteiger partial charge in [0.25, 0.3) is 0 Å². The first kappa shape index (κ1) is 15.2.